The van der Waals surface area contributed by atoms with Crippen LogP contribution < -0.4 is 9.47 Å². The number of fused-ring (bicyclic) bond motifs is 1. The van der Waals surface area contributed by atoms with E-state index in [0.29, 0.717) is 6.42 Å². The Labute approximate surface area is 163 Å². The molecule has 1 unspecified atom stereocenters. The molecule has 0 fully saturated rings. The minimum absolute atomic E-state index is 0.538. The normalized spacial score (nSPS) is 18.6. The van der Waals surface area contributed by atoms with E-state index in [1.54, 1.807) is 37.7 Å². The maximum Gasteiger partial charge on any atom is 0.119 e. The van der Waals surface area contributed by atoms with Crippen molar-refractivity contribution in [2.75, 3.05) is 26.7 Å². The fourth-order valence-corrected chi connectivity index (χ4v) is 5.20. The number of aliphatic hydroxyl groups is 1. The molecule has 1 aliphatic rings. The zero-order valence-electron chi connectivity index (χ0n) is 15.5. The van der Waals surface area contributed by atoms with Crippen molar-refractivity contribution in [1.82, 2.24) is 0 Å². The molecule has 2 aromatic rings. The first-order chi connectivity index (χ1) is 12.5. The van der Waals surface area contributed by atoms with Crippen LogP contribution in [0.2, 0.25) is 0 Å². The maximum absolute atomic E-state index is 11.8. The average molecular weight is 389 g/mol. The van der Waals surface area contributed by atoms with Crippen LogP contribution in [0.5, 0.6) is 11.5 Å². The summed E-state index contributed by atoms with van der Waals surface area (Å²) in [6, 6.07) is 13.9. The van der Waals surface area contributed by atoms with Crippen molar-refractivity contribution in [2.24, 2.45) is 0 Å². The Morgan fingerprint density at radius 2 is 1.62 bits per heavy atom. The van der Waals surface area contributed by atoms with Gasteiger partial charge in [-0.05, 0) is 65.5 Å². The molecule has 0 saturated carbocycles. The van der Waals surface area contributed by atoms with E-state index in [-0.39, 0.29) is 0 Å². The molecular formula is C21H24O3S2. The molecule has 1 atom stereocenters. The van der Waals surface area contributed by atoms with E-state index in [1.165, 1.54) is 4.24 Å². The van der Waals surface area contributed by atoms with Gasteiger partial charge >= 0.3 is 0 Å². The monoisotopic (exact) mass is 388 g/mol. The summed E-state index contributed by atoms with van der Waals surface area (Å²) < 4.78 is 11.8. The van der Waals surface area contributed by atoms with Gasteiger partial charge in [0.1, 0.15) is 17.1 Å². The Hall–Kier alpha value is -1.56. The van der Waals surface area contributed by atoms with E-state index in [9.17, 15) is 5.11 Å². The zero-order chi connectivity index (χ0) is 18.7. The molecule has 0 amide bonds. The first-order valence-corrected chi connectivity index (χ1v) is 10.8. The Kier molecular flexibility index (Phi) is 5.90. The molecule has 3 nitrogen and oxygen atoms in total. The molecule has 0 spiro atoms. The molecule has 2 aromatic carbocycles. The highest BCUT2D eigenvalue weighted by Crippen LogP contribution is 2.49. The van der Waals surface area contributed by atoms with Gasteiger partial charge in [-0.25, -0.2) is 0 Å². The molecule has 0 heterocycles. The number of ether oxygens (including phenoxy) is 2. The SMILES string of the molecule is COc1ccc(CC2(O)C(=C(SC)SC)Cc3cc(OC)ccc32)cc1. The number of thioether (sulfide) groups is 2. The molecule has 0 aliphatic heterocycles. The van der Waals surface area contributed by atoms with Crippen molar-refractivity contribution in [3.63, 3.8) is 0 Å². The topological polar surface area (TPSA) is 38.7 Å². The van der Waals surface area contributed by atoms with E-state index >= 15 is 0 Å². The third-order valence-electron chi connectivity index (χ3n) is 4.86. The number of rotatable bonds is 6. The summed E-state index contributed by atoms with van der Waals surface area (Å²) >= 11 is 3.40. The zero-order valence-corrected chi connectivity index (χ0v) is 17.2. The van der Waals surface area contributed by atoms with Gasteiger partial charge in [-0.1, -0.05) is 18.2 Å². The van der Waals surface area contributed by atoms with Crippen LogP contribution in [-0.2, 0) is 18.4 Å². The van der Waals surface area contributed by atoms with E-state index in [4.69, 9.17) is 9.47 Å². The quantitative estimate of drug-likeness (QED) is 0.781. The van der Waals surface area contributed by atoms with Crippen LogP contribution in [0.3, 0.4) is 0 Å². The van der Waals surface area contributed by atoms with Gasteiger partial charge in [0, 0.05) is 10.7 Å². The van der Waals surface area contributed by atoms with Crippen LogP contribution in [0.15, 0.2) is 52.3 Å². The second kappa shape index (κ2) is 7.99. The van der Waals surface area contributed by atoms with Crippen molar-refractivity contribution < 1.29 is 14.6 Å². The van der Waals surface area contributed by atoms with Crippen molar-refractivity contribution in [3.8, 4) is 11.5 Å². The lowest BCUT2D eigenvalue weighted by atomic mass is 9.86. The average Bonchev–Trinajstić information content (AvgIpc) is 2.95. The highest BCUT2D eigenvalue weighted by molar-refractivity contribution is 8.21. The summed E-state index contributed by atoms with van der Waals surface area (Å²) in [4.78, 5) is 0. The molecular weight excluding hydrogens is 364 g/mol. The van der Waals surface area contributed by atoms with Gasteiger partial charge in [0.2, 0.25) is 0 Å². The van der Waals surface area contributed by atoms with Gasteiger partial charge in [0.05, 0.1) is 14.2 Å². The van der Waals surface area contributed by atoms with Crippen LogP contribution in [0.1, 0.15) is 16.7 Å². The summed E-state index contributed by atoms with van der Waals surface area (Å²) in [7, 11) is 3.33. The van der Waals surface area contributed by atoms with Gasteiger partial charge in [-0.2, -0.15) is 0 Å². The minimum atomic E-state index is -1.00. The first-order valence-electron chi connectivity index (χ1n) is 8.40. The molecule has 1 N–H and O–H groups in total. The Morgan fingerprint density at radius 3 is 2.19 bits per heavy atom. The van der Waals surface area contributed by atoms with Crippen LogP contribution in [0, 0.1) is 0 Å². The summed E-state index contributed by atoms with van der Waals surface area (Å²) in [6.45, 7) is 0. The van der Waals surface area contributed by atoms with Crippen molar-refractivity contribution in [2.45, 2.75) is 18.4 Å². The predicted molar refractivity (Wildman–Crippen MR) is 111 cm³/mol. The van der Waals surface area contributed by atoms with Crippen LogP contribution in [0.25, 0.3) is 0 Å². The highest BCUT2D eigenvalue weighted by atomic mass is 32.2. The standard InChI is InChI=1S/C21H24O3S2/c1-23-16-7-5-14(6-8-16)13-21(22)18-10-9-17(24-2)11-15(18)12-19(21)20(25-3)26-4/h5-11,22H,12-13H2,1-4H3. The number of benzene rings is 2. The smallest absolute Gasteiger partial charge is 0.119 e. The highest BCUT2D eigenvalue weighted by Gasteiger charge is 2.43. The third kappa shape index (κ3) is 3.48. The third-order valence-corrected chi connectivity index (χ3v) is 7.10. The van der Waals surface area contributed by atoms with Gasteiger partial charge in [-0.3, -0.25) is 0 Å². The molecule has 0 radical (unpaired) electrons. The Morgan fingerprint density at radius 1 is 1.00 bits per heavy atom. The first kappa shape index (κ1) is 19.2. The van der Waals surface area contributed by atoms with E-state index in [1.807, 2.05) is 42.5 Å². The second-order valence-corrected chi connectivity index (χ2v) is 8.15. The van der Waals surface area contributed by atoms with Crippen LogP contribution >= 0.6 is 23.5 Å². The minimum Gasteiger partial charge on any atom is -0.497 e. The van der Waals surface area contributed by atoms with Crippen molar-refractivity contribution in [3.05, 3.63) is 69.0 Å². The van der Waals surface area contributed by atoms with Crippen molar-refractivity contribution >= 4 is 23.5 Å². The fourth-order valence-electron chi connectivity index (χ4n) is 3.56. The lowest BCUT2D eigenvalue weighted by Crippen LogP contribution is -2.28. The summed E-state index contributed by atoms with van der Waals surface area (Å²) in [5.74, 6) is 1.65. The molecule has 3 rings (SSSR count). The van der Waals surface area contributed by atoms with Gasteiger partial charge < -0.3 is 14.6 Å². The lowest BCUT2D eigenvalue weighted by molar-refractivity contribution is 0.0819. The maximum atomic E-state index is 11.8. The summed E-state index contributed by atoms with van der Waals surface area (Å²) in [5.41, 5.74) is 3.27. The van der Waals surface area contributed by atoms with Crippen LogP contribution in [-0.4, -0.2) is 31.8 Å². The van der Waals surface area contributed by atoms with E-state index in [2.05, 4.69) is 12.5 Å². The fraction of sp³-hybridized carbons (Fsp3) is 0.333. The second-order valence-electron chi connectivity index (χ2n) is 6.26. The summed E-state index contributed by atoms with van der Waals surface area (Å²) in [5, 5.41) is 11.8. The molecule has 138 valence electrons. The Balaban J connectivity index is 2.08. The number of hydrogen-bond acceptors (Lipinski definition) is 5. The molecule has 0 aromatic heterocycles. The van der Waals surface area contributed by atoms with Crippen molar-refractivity contribution in [1.29, 1.82) is 0 Å². The molecule has 26 heavy (non-hydrogen) atoms. The number of hydrogen-bond donors (Lipinski definition) is 1. The molecule has 0 bridgehead atoms. The van der Waals surface area contributed by atoms with Gasteiger partial charge in [0.25, 0.3) is 0 Å². The predicted octanol–water partition coefficient (Wildman–Crippen LogP) is 4.63. The largest absolute Gasteiger partial charge is 0.497 e. The number of methoxy groups -OCH3 is 2. The molecule has 1 aliphatic carbocycles. The summed E-state index contributed by atoms with van der Waals surface area (Å²) in [6.07, 6.45) is 5.42. The van der Waals surface area contributed by atoms with Gasteiger partial charge in [-0.15, -0.1) is 23.5 Å². The Bertz CT molecular complexity index is 809. The van der Waals surface area contributed by atoms with Gasteiger partial charge in [0.15, 0.2) is 0 Å². The van der Waals surface area contributed by atoms with E-state index in [0.717, 1.165) is 40.2 Å². The lowest BCUT2D eigenvalue weighted by Gasteiger charge is -2.28. The molecule has 0 saturated heterocycles. The van der Waals surface area contributed by atoms with E-state index < -0.39 is 5.60 Å². The molecule has 5 heteroatoms. The van der Waals surface area contributed by atoms with Crippen LogP contribution in [0.4, 0.5) is 0 Å².